The van der Waals surface area contributed by atoms with Gasteiger partial charge >= 0.3 is 6.03 Å². The zero-order valence-corrected chi connectivity index (χ0v) is 15.0. The normalized spacial score (nSPS) is 24.6. The van der Waals surface area contributed by atoms with E-state index in [1.54, 1.807) is 0 Å². The van der Waals surface area contributed by atoms with Crippen molar-refractivity contribution in [2.24, 2.45) is 0 Å². The van der Waals surface area contributed by atoms with Crippen LogP contribution in [0.1, 0.15) is 24.5 Å². The molecule has 0 aromatic heterocycles. The van der Waals surface area contributed by atoms with Crippen LogP contribution in [0, 0.1) is 6.92 Å². The lowest BCUT2D eigenvalue weighted by molar-refractivity contribution is -0.122. The summed E-state index contributed by atoms with van der Waals surface area (Å²) in [5.41, 5.74) is 1.95. The molecular formula is C17H21N3O4S. The van der Waals surface area contributed by atoms with Crippen LogP contribution in [0.2, 0.25) is 0 Å². The smallest absolute Gasteiger partial charge is 0.322 e. The average molecular weight is 363 g/mol. The van der Waals surface area contributed by atoms with Crippen LogP contribution >= 0.6 is 0 Å². The van der Waals surface area contributed by atoms with Gasteiger partial charge < -0.3 is 5.32 Å². The van der Waals surface area contributed by atoms with Crippen LogP contribution in [0.25, 0.3) is 5.57 Å². The predicted octanol–water partition coefficient (Wildman–Crippen LogP) is 1.01. The van der Waals surface area contributed by atoms with E-state index in [0.717, 1.165) is 11.1 Å². The third-order valence-corrected chi connectivity index (χ3v) is 6.64. The second-order valence-electron chi connectivity index (χ2n) is 6.70. The summed E-state index contributed by atoms with van der Waals surface area (Å²) < 4.78 is 26.7. The number of nitrogens with zero attached hydrogens (tertiary/aromatic N) is 1. The fourth-order valence-electron chi connectivity index (χ4n) is 3.07. The number of amides is 3. The first-order chi connectivity index (χ1) is 11.7. The fourth-order valence-corrected chi connectivity index (χ4v) is 4.86. The average Bonchev–Trinajstić information content (AvgIpc) is 2.79. The molecule has 1 aromatic carbocycles. The van der Waals surface area contributed by atoms with E-state index in [1.165, 1.54) is 16.8 Å². The van der Waals surface area contributed by atoms with E-state index < -0.39 is 33.3 Å². The van der Waals surface area contributed by atoms with E-state index in [2.05, 4.69) is 10.6 Å². The highest BCUT2D eigenvalue weighted by atomic mass is 32.2. The molecule has 3 amide bonds. The van der Waals surface area contributed by atoms with Crippen molar-refractivity contribution in [3.63, 3.8) is 0 Å². The van der Waals surface area contributed by atoms with Gasteiger partial charge in [-0.25, -0.2) is 13.2 Å². The molecule has 1 saturated heterocycles. The van der Waals surface area contributed by atoms with Crippen molar-refractivity contribution in [2.45, 2.75) is 25.8 Å². The van der Waals surface area contributed by atoms with Crippen LogP contribution in [0.4, 0.5) is 4.79 Å². The first-order valence-corrected chi connectivity index (χ1v) is 9.68. The number of carbonyl (C=O) groups is 2. The Bertz CT molecular complexity index is 845. The molecule has 1 fully saturated rings. The molecule has 7 nitrogen and oxygen atoms in total. The number of urea groups is 1. The SMILES string of the molecule is Cc1ccc(C2=CCN(S(=O)(=O)C[C@@]3(C)NC(=O)NC3=O)CC2)cc1. The second kappa shape index (κ2) is 6.27. The first kappa shape index (κ1) is 17.6. The molecular weight excluding hydrogens is 342 g/mol. The van der Waals surface area contributed by atoms with Crippen molar-refractivity contribution in [1.29, 1.82) is 0 Å². The number of imide groups is 1. The zero-order valence-electron chi connectivity index (χ0n) is 14.2. The molecule has 1 atom stereocenters. The van der Waals surface area contributed by atoms with Crippen molar-refractivity contribution in [1.82, 2.24) is 14.9 Å². The van der Waals surface area contributed by atoms with Gasteiger partial charge in [0.2, 0.25) is 10.0 Å². The van der Waals surface area contributed by atoms with Crippen molar-refractivity contribution in [3.05, 3.63) is 41.5 Å². The van der Waals surface area contributed by atoms with Crippen molar-refractivity contribution < 1.29 is 18.0 Å². The minimum atomic E-state index is -3.68. The molecule has 0 spiro atoms. The maximum absolute atomic E-state index is 12.7. The summed E-state index contributed by atoms with van der Waals surface area (Å²) in [6, 6.07) is 7.46. The molecule has 2 aliphatic rings. The quantitative estimate of drug-likeness (QED) is 0.781. The Morgan fingerprint density at radius 1 is 1.20 bits per heavy atom. The van der Waals surface area contributed by atoms with E-state index in [1.807, 2.05) is 37.3 Å². The number of sulfonamides is 1. The summed E-state index contributed by atoms with van der Waals surface area (Å²) in [5, 5.41) is 4.48. The van der Waals surface area contributed by atoms with Crippen LogP contribution in [0.5, 0.6) is 0 Å². The largest absolute Gasteiger partial charge is 0.322 e. The summed E-state index contributed by atoms with van der Waals surface area (Å²) >= 11 is 0. The van der Waals surface area contributed by atoms with Crippen molar-refractivity contribution in [3.8, 4) is 0 Å². The van der Waals surface area contributed by atoms with E-state index in [4.69, 9.17) is 0 Å². The number of hydrogen-bond acceptors (Lipinski definition) is 4. The van der Waals surface area contributed by atoms with Crippen LogP contribution in [-0.4, -0.2) is 49.0 Å². The van der Waals surface area contributed by atoms with Gasteiger partial charge in [-0.3, -0.25) is 10.1 Å². The van der Waals surface area contributed by atoms with Crippen LogP contribution in [0.15, 0.2) is 30.3 Å². The van der Waals surface area contributed by atoms with E-state index in [0.29, 0.717) is 13.0 Å². The Morgan fingerprint density at radius 3 is 2.40 bits per heavy atom. The Labute approximate surface area is 147 Å². The molecule has 1 aromatic rings. The van der Waals surface area contributed by atoms with E-state index in [9.17, 15) is 18.0 Å². The molecule has 0 bridgehead atoms. The molecule has 2 heterocycles. The Hall–Kier alpha value is -2.19. The highest BCUT2D eigenvalue weighted by Gasteiger charge is 2.46. The summed E-state index contributed by atoms with van der Waals surface area (Å²) in [6.45, 7) is 4.05. The lowest BCUT2D eigenvalue weighted by Gasteiger charge is -2.29. The third-order valence-electron chi connectivity index (χ3n) is 4.58. The van der Waals surface area contributed by atoms with Gasteiger partial charge in [0.15, 0.2) is 0 Å². The van der Waals surface area contributed by atoms with Gasteiger partial charge in [-0.05, 0) is 31.4 Å². The van der Waals surface area contributed by atoms with Gasteiger partial charge in [-0.15, -0.1) is 0 Å². The lowest BCUT2D eigenvalue weighted by atomic mass is 9.99. The van der Waals surface area contributed by atoms with E-state index in [-0.39, 0.29) is 6.54 Å². The Kier molecular flexibility index (Phi) is 4.42. The maximum Gasteiger partial charge on any atom is 0.322 e. The summed E-state index contributed by atoms with van der Waals surface area (Å²) in [4.78, 5) is 23.1. The summed E-state index contributed by atoms with van der Waals surface area (Å²) in [6.07, 6.45) is 2.51. The third kappa shape index (κ3) is 3.59. The number of hydrogen-bond donors (Lipinski definition) is 2. The standard InChI is InChI=1S/C17H21N3O4S/c1-12-3-5-13(6-4-12)14-7-9-20(10-8-14)25(23,24)11-17(2)15(21)18-16(22)19-17/h3-7H,8-11H2,1-2H3,(H2,18,19,21,22)/t17-/m1/s1. The Balaban J connectivity index is 1.72. The summed E-state index contributed by atoms with van der Waals surface area (Å²) in [7, 11) is -3.68. The number of nitrogens with one attached hydrogen (secondary N) is 2. The molecule has 0 unspecified atom stereocenters. The minimum absolute atomic E-state index is 0.261. The monoisotopic (exact) mass is 363 g/mol. The highest BCUT2D eigenvalue weighted by molar-refractivity contribution is 7.89. The maximum atomic E-state index is 12.7. The van der Waals surface area contributed by atoms with Gasteiger partial charge in [-0.2, -0.15) is 4.31 Å². The van der Waals surface area contributed by atoms with Crippen molar-refractivity contribution >= 4 is 27.5 Å². The van der Waals surface area contributed by atoms with Gasteiger partial charge in [0.25, 0.3) is 5.91 Å². The molecule has 0 saturated carbocycles. The van der Waals surface area contributed by atoms with Gasteiger partial charge in [0, 0.05) is 13.1 Å². The lowest BCUT2D eigenvalue weighted by Crippen LogP contribution is -2.52. The molecule has 2 aliphatic heterocycles. The molecule has 8 heteroatoms. The molecule has 0 aliphatic carbocycles. The first-order valence-electron chi connectivity index (χ1n) is 8.07. The minimum Gasteiger partial charge on any atom is -0.322 e. The number of carbonyl (C=O) groups excluding carboxylic acids is 2. The van der Waals surface area contributed by atoms with Crippen molar-refractivity contribution in [2.75, 3.05) is 18.8 Å². The second-order valence-corrected chi connectivity index (χ2v) is 8.67. The molecule has 0 radical (unpaired) electrons. The topological polar surface area (TPSA) is 95.6 Å². The number of rotatable bonds is 4. The van der Waals surface area contributed by atoms with E-state index >= 15 is 0 Å². The highest BCUT2D eigenvalue weighted by Crippen LogP contribution is 2.25. The van der Waals surface area contributed by atoms with Crippen LogP contribution < -0.4 is 10.6 Å². The van der Waals surface area contributed by atoms with Gasteiger partial charge in [0.05, 0.1) is 5.75 Å². The molecule has 25 heavy (non-hydrogen) atoms. The molecule has 134 valence electrons. The van der Waals surface area contributed by atoms with Crippen LogP contribution in [-0.2, 0) is 14.8 Å². The Morgan fingerprint density at radius 2 is 1.88 bits per heavy atom. The van der Waals surface area contributed by atoms with Gasteiger partial charge in [-0.1, -0.05) is 35.9 Å². The fraction of sp³-hybridized carbons (Fsp3) is 0.412. The number of benzene rings is 1. The van der Waals surface area contributed by atoms with Gasteiger partial charge in [0.1, 0.15) is 5.54 Å². The predicted molar refractivity (Wildman–Crippen MR) is 94.2 cm³/mol. The summed E-state index contributed by atoms with van der Waals surface area (Å²) in [5.74, 6) is -1.07. The zero-order chi connectivity index (χ0) is 18.2. The molecule has 3 rings (SSSR count). The number of aryl methyl sites for hydroxylation is 1. The molecule has 2 N–H and O–H groups in total. The van der Waals surface area contributed by atoms with Crippen LogP contribution in [0.3, 0.4) is 0 Å².